The van der Waals surface area contributed by atoms with E-state index in [1.807, 2.05) is 20.1 Å². The van der Waals surface area contributed by atoms with Crippen LogP contribution >= 0.6 is 34.3 Å². The molecule has 0 amide bonds. The highest BCUT2D eigenvalue weighted by Crippen LogP contribution is 2.42. The number of aliphatic imine (C=N–C) groups is 1. The highest BCUT2D eigenvalue weighted by molar-refractivity contribution is 7.19. The van der Waals surface area contributed by atoms with Crippen molar-refractivity contribution in [1.29, 1.82) is 0 Å². The van der Waals surface area contributed by atoms with Crippen molar-refractivity contribution in [3.8, 4) is 0 Å². The summed E-state index contributed by atoms with van der Waals surface area (Å²) in [5, 5.41) is 6.10. The van der Waals surface area contributed by atoms with Crippen LogP contribution in [0.2, 0.25) is 5.15 Å². The Labute approximate surface area is 291 Å². The van der Waals surface area contributed by atoms with Crippen molar-refractivity contribution >= 4 is 84.4 Å². The number of anilines is 2. The van der Waals surface area contributed by atoms with Crippen LogP contribution in [-0.4, -0.2) is 51.3 Å². The molecule has 248 valence electrons. The number of fused-ring (bicyclic) bond motifs is 7. The SMILES string of the molecule is CCOC(=O)C1CCc2c(sc3ncnc(Cl)c23)C1.CCOC(=O)C1CCc2c(sc3ncnc(Nc4ccc5c(c4C)C=NC5)c23)C1. The van der Waals surface area contributed by atoms with Crippen LogP contribution in [0.3, 0.4) is 0 Å². The van der Waals surface area contributed by atoms with Crippen LogP contribution < -0.4 is 5.32 Å². The second kappa shape index (κ2) is 13.9. The second-order valence-corrected chi connectivity index (χ2v) is 14.6. The lowest BCUT2D eigenvalue weighted by Crippen LogP contribution is -2.23. The van der Waals surface area contributed by atoms with E-state index in [0.29, 0.717) is 18.4 Å². The third kappa shape index (κ3) is 6.17. The lowest BCUT2D eigenvalue weighted by molar-refractivity contribution is -0.149. The number of hydrogen-bond acceptors (Lipinski definition) is 12. The van der Waals surface area contributed by atoms with Crippen molar-refractivity contribution < 1.29 is 19.1 Å². The van der Waals surface area contributed by atoms with Gasteiger partial charge in [0.1, 0.15) is 33.3 Å². The van der Waals surface area contributed by atoms with Gasteiger partial charge in [-0.2, -0.15) is 0 Å². The molecule has 2 atom stereocenters. The van der Waals surface area contributed by atoms with Crippen LogP contribution in [0.1, 0.15) is 64.3 Å². The molecule has 5 aromatic rings. The molecule has 13 heteroatoms. The van der Waals surface area contributed by atoms with Crippen molar-refractivity contribution in [2.24, 2.45) is 16.8 Å². The van der Waals surface area contributed by atoms with E-state index < -0.39 is 0 Å². The Morgan fingerprint density at radius 2 is 1.48 bits per heavy atom. The molecular weight excluding hydrogens is 668 g/mol. The summed E-state index contributed by atoms with van der Waals surface area (Å²) in [6, 6.07) is 4.23. The van der Waals surface area contributed by atoms with Crippen LogP contribution in [0.15, 0.2) is 29.8 Å². The Morgan fingerprint density at radius 3 is 2.12 bits per heavy atom. The molecule has 1 N–H and O–H groups in total. The molecule has 0 radical (unpaired) electrons. The topological polar surface area (TPSA) is 129 Å². The maximum Gasteiger partial charge on any atom is 0.309 e. The quantitative estimate of drug-likeness (QED) is 0.143. The number of esters is 2. The number of carbonyl (C=O) groups is 2. The van der Waals surface area contributed by atoms with Gasteiger partial charge in [0.25, 0.3) is 0 Å². The maximum atomic E-state index is 12.2. The average molecular weight is 703 g/mol. The summed E-state index contributed by atoms with van der Waals surface area (Å²) in [5.74, 6) is 0.559. The normalized spacial score (nSPS) is 17.7. The first kappa shape index (κ1) is 32.5. The molecule has 2 unspecified atom stereocenters. The fourth-order valence-electron chi connectivity index (χ4n) is 6.80. The van der Waals surface area contributed by atoms with Crippen molar-refractivity contribution in [1.82, 2.24) is 19.9 Å². The molecule has 1 aromatic carbocycles. The first-order valence-corrected chi connectivity index (χ1v) is 18.3. The van der Waals surface area contributed by atoms with E-state index in [0.717, 1.165) is 77.0 Å². The van der Waals surface area contributed by atoms with Crippen LogP contribution in [0.4, 0.5) is 11.5 Å². The Hall–Kier alpha value is -4.00. The van der Waals surface area contributed by atoms with E-state index in [1.54, 1.807) is 29.0 Å². The predicted molar refractivity (Wildman–Crippen MR) is 190 cm³/mol. The largest absolute Gasteiger partial charge is 0.466 e. The fraction of sp³-hybridized carbons (Fsp3) is 0.400. The third-order valence-corrected chi connectivity index (χ3v) is 11.8. The number of aryl methyl sites for hydroxylation is 2. The number of aromatic nitrogens is 4. The molecule has 5 heterocycles. The first-order chi connectivity index (χ1) is 23.4. The Kier molecular flexibility index (Phi) is 9.39. The number of benzene rings is 1. The monoisotopic (exact) mass is 702 g/mol. The summed E-state index contributed by atoms with van der Waals surface area (Å²) < 4.78 is 10.3. The summed E-state index contributed by atoms with van der Waals surface area (Å²) in [5.41, 5.74) is 7.17. The van der Waals surface area contributed by atoms with Gasteiger partial charge in [0.15, 0.2) is 0 Å². The zero-order valence-electron chi connectivity index (χ0n) is 27.0. The molecule has 10 nitrogen and oxygen atoms in total. The molecule has 48 heavy (non-hydrogen) atoms. The van der Waals surface area contributed by atoms with Gasteiger partial charge in [-0.15, -0.1) is 22.7 Å². The second-order valence-electron chi connectivity index (χ2n) is 12.0. The van der Waals surface area contributed by atoms with Gasteiger partial charge < -0.3 is 14.8 Å². The lowest BCUT2D eigenvalue weighted by atomic mass is 9.88. The van der Waals surface area contributed by atoms with E-state index in [-0.39, 0.29) is 23.8 Å². The molecular formula is C35H35ClN6O4S2. The van der Waals surface area contributed by atoms with Gasteiger partial charge in [0, 0.05) is 27.2 Å². The van der Waals surface area contributed by atoms with Gasteiger partial charge in [0.2, 0.25) is 0 Å². The number of nitrogens with zero attached hydrogens (tertiary/aromatic N) is 5. The minimum Gasteiger partial charge on any atom is -0.466 e. The van der Waals surface area contributed by atoms with Crippen LogP contribution in [0.25, 0.3) is 20.4 Å². The minimum atomic E-state index is -0.0946. The molecule has 0 saturated heterocycles. The molecule has 0 bridgehead atoms. The van der Waals surface area contributed by atoms with E-state index in [1.165, 1.54) is 43.9 Å². The summed E-state index contributed by atoms with van der Waals surface area (Å²) >= 11 is 9.43. The lowest BCUT2D eigenvalue weighted by Gasteiger charge is -2.21. The molecule has 0 spiro atoms. The minimum absolute atomic E-state index is 0.0350. The first-order valence-electron chi connectivity index (χ1n) is 16.2. The molecule has 8 rings (SSSR count). The smallest absolute Gasteiger partial charge is 0.309 e. The molecule has 1 aliphatic heterocycles. The van der Waals surface area contributed by atoms with Crippen molar-refractivity contribution in [3.05, 3.63) is 67.5 Å². The number of carbonyl (C=O) groups excluding carboxylic acids is 2. The number of rotatable bonds is 6. The number of halogens is 1. The Balaban J connectivity index is 0.000000166. The van der Waals surface area contributed by atoms with Gasteiger partial charge in [0.05, 0.1) is 42.4 Å². The van der Waals surface area contributed by atoms with Crippen molar-refractivity contribution in [2.75, 3.05) is 18.5 Å². The highest BCUT2D eigenvalue weighted by Gasteiger charge is 2.31. The number of thiophene rings is 2. The van der Waals surface area contributed by atoms with Gasteiger partial charge in [-0.3, -0.25) is 14.6 Å². The van der Waals surface area contributed by atoms with Crippen LogP contribution in [0.5, 0.6) is 0 Å². The van der Waals surface area contributed by atoms with E-state index >= 15 is 0 Å². The van der Waals surface area contributed by atoms with Crippen molar-refractivity contribution in [2.45, 2.75) is 65.8 Å². The zero-order valence-corrected chi connectivity index (χ0v) is 29.4. The van der Waals surface area contributed by atoms with E-state index in [9.17, 15) is 9.59 Å². The molecule has 3 aliphatic rings. The summed E-state index contributed by atoms with van der Waals surface area (Å²) in [7, 11) is 0. The standard InChI is InChI=1S/C22H22N4O2S.C13H13ClN2O2S/c1-3-28-22(27)13-4-6-15-18(8-13)29-21-19(15)20(24-11-25-21)26-17-7-5-14-9-23-10-16(14)12(17)2;1-2-18-13(17)7-3-4-8-9(5-7)19-12-10(8)11(14)15-6-16-12/h5,7,10-11,13H,3-4,6,8-9H2,1-2H3,(H,24,25,26);6-7H,2-5H2,1H3. The maximum absolute atomic E-state index is 12.2. The van der Waals surface area contributed by atoms with Crippen molar-refractivity contribution in [3.63, 3.8) is 0 Å². The number of nitrogens with one attached hydrogen (secondary N) is 1. The summed E-state index contributed by atoms with van der Waals surface area (Å²) in [6.45, 7) is 7.43. The number of ether oxygens (including phenoxy) is 2. The van der Waals surface area contributed by atoms with E-state index in [4.69, 9.17) is 21.1 Å². The summed E-state index contributed by atoms with van der Waals surface area (Å²) in [4.78, 5) is 50.1. The molecule has 2 aliphatic carbocycles. The Bertz CT molecular complexity index is 2080. The molecule has 4 aromatic heterocycles. The predicted octanol–water partition coefficient (Wildman–Crippen LogP) is 7.36. The van der Waals surface area contributed by atoms with E-state index in [2.05, 4.69) is 49.3 Å². The van der Waals surface area contributed by atoms with Gasteiger partial charge >= 0.3 is 11.9 Å². The summed E-state index contributed by atoms with van der Waals surface area (Å²) in [6.07, 6.45) is 9.79. The number of hydrogen-bond donors (Lipinski definition) is 1. The molecule has 0 fully saturated rings. The van der Waals surface area contributed by atoms with Crippen LogP contribution in [0, 0.1) is 18.8 Å². The zero-order chi connectivity index (χ0) is 33.4. The van der Waals surface area contributed by atoms with Gasteiger partial charge in [-0.1, -0.05) is 17.7 Å². The van der Waals surface area contributed by atoms with Gasteiger partial charge in [-0.25, -0.2) is 19.9 Å². The van der Waals surface area contributed by atoms with Crippen LogP contribution in [-0.2, 0) is 51.3 Å². The fourth-order valence-corrected chi connectivity index (χ4v) is 9.64. The average Bonchev–Trinajstić information content (AvgIpc) is 3.82. The molecule has 0 saturated carbocycles. The highest BCUT2D eigenvalue weighted by atomic mass is 35.5. The van der Waals surface area contributed by atoms with Gasteiger partial charge in [-0.05, 0) is 87.6 Å². The Morgan fingerprint density at radius 1 is 0.875 bits per heavy atom. The third-order valence-electron chi connectivity index (χ3n) is 9.22.